The van der Waals surface area contributed by atoms with Crippen molar-refractivity contribution in [2.45, 2.75) is 13.8 Å². The summed E-state index contributed by atoms with van der Waals surface area (Å²) < 4.78 is 5.11. The van der Waals surface area contributed by atoms with Gasteiger partial charge in [-0.3, -0.25) is 4.79 Å². The van der Waals surface area contributed by atoms with Gasteiger partial charge >= 0.3 is 0 Å². The van der Waals surface area contributed by atoms with E-state index < -0.39 is 0 Å². The van der Waals surface area contributed by atoms with Crippen molar-refractivity contribution in [3.05, 3.63) is 35.3 Å². The molecule has 0 radical (unpaired) electrons. The predicted octanol–water partition coefficient (Wildman–Crippen LogP) is 1.82. The Balaban J connectivity index is 2.33. The Hall–Kier alpha value is -2.70. The second-order valence-corrected chi connectivity index (χ2v) is 4.98. The lowest BCUT2D eigenvalue weighted by Crippen LogP contribution is -2.19. The lowest BCUT2D eigenvalue weighted by molar-refractivity contribution is 0.102. The summed E-state index contributed by atoms with van der Waals surface area (Å²) in [6.45, 7) is 3.66. The van der Waals surface area contributed by atoms with Gasteiger partial charge in [-0.2, -0.15) is 0 Å². The van der Waals surface area contributed by atoms with Crippen LogP contribution in [-0.2, 0) is 0 Å². The maximum atomic E-state index is 12.4. The van der Waals surface area contributed by atoms with E-state index in [4.69, 9.17) is 4.74 Å². The van der Waals surface area contributed by atoms with Crippen molar-refractivity contribution in [2.24, 2.45) is 0 Å². The van der Waals surface area contributed by atoms with Gasteiger partial charge in [-0.15, -0.1) is 0 Å². The average molecular weight is 301 g/mol. The molecule has 0 aromatic carbocycles. The van der Waals surface area contributed by atoms with Crippen LogP contribution in [0.1, 0.15) is 21.7 Å². The van der Waals surface area contributed by atoms with E-state index in [0.717, 1.165) is 0 Å². The topological polar surface area (TPSA) is 80.2 Å². The maximum Gasteiger partial charge on any atom is 0.261 e. The molecule has 2 heterocycles. The second kappa shape index (κ2) is 6.38. The SMILES string of the molecule is COc1ncccc1C(=O)Nc1c(C)nc(N(C)C)nc1C. The minimum atomic E-state index is -0.308. The van der Waals surface area contributed by atoms with E-state index in [1.165, 1.54) is 7.11 Å². The molecule has 7 nitrogen and oxygen atoms in total. The van der Waals surface area contributed by atoms with Crippen LogP contribution in [-0.4, -0.2) is 42.1 Å². The molecule has 22 heavy (non-hydrogen) atoms. The van der Waals surface area contributed by atoms with Gasteiger partial charge < -0.3 is 15.0 Å². The highest BCUT2D eigenvalue weighted by molar-refractivity contribution is 6.06. The van der Waals surface area contributed by atoms with Crippen LogP contribution in [0.3, 0.4) is 0 Å². The van der Waals surface area contributed by atoms with Crippen LogP contribution in [0.5, 0.6) is 5.88 Å². The predicted molar refractivity (Wildman–Crippen MR) is 84.6 cm³/mol. The van der Waals surface area contributed by atoms with E-state index in [-0.39, 0.29) is 11.8 Å². The number of aromatic nitrogens is 3. The van der Waals surface area contributed by atoms with Crippen molar-refractivity contribution in [3.8, 4) is 5.88 Å². The second-order valence-electron chi connectivity index (χ2n) is 4.98. The Morgan fingerprint density at radius 1 is 1.23 bits per heavy atom. The van der Waals surface area contributed by atoms with E-state index in [1.807, 2.05) is 32.8 Å². The van der Waals surface area contributed by atoms with Crippen molar-refractivity contribution in [3.63, 3.8) is 0 Å². The van der Waals surface area contributed by atoms with Gasteiger partial charge in [-0.25, -0.2) is 15.0 Å². The van der Waals surface area contributed by atoms with E-state index in [0.29, 0.717) is 28.6 Å². The highest BCUT2D eigenvalue weighted by Crippen LogP contribution is 2.22. The fraction of sp³-hybridized carbons (Fsp3) is 0.333. The highest BCUT2D eigenvalue weighted by Gasteiger charge is 2.17. The molecule has 2 aromatic rings. The first-order valence-electron chi connectivity index (χ1n) is 6.77. The van der Waals surface area contributed by atoms with E-state index in [9.17, 15) is 4.79 Å². The molecule has 0 unspecified atom stereocenters. The summed E-state index contributed by atoms with van der Waals surface area (Å²) in [6, 6.07) is 3.34. The standard InChI is InChI=1S/C15H19N5O2/c1-9-12(10(2)18-15(17-9)20(3)4)19-13(21)11-7-6-8-16-14(11)22-5/h6-8H,1-5H3,(H,19,21). The number of hydrogen-bond donors (Lipinski definition) is 1. The smallest absolute Gasteiger partial charge is 0.261 e. The van der Waals surface area contributed by atoms with Gasteiger partial charge in [0.15, 0.2) is 0 Å². The van der Waals surface area contributed by atoms with Crippen molar-refractivity contribution in [1.82, 2.24) is 15.0 Å². The van der Waals surface area contributed by atoms with Crippen LogP contribution in [0, 0.1) is 13.8 Å². The van der Waals surface area contributed by atoms with Crippen LogP contribution < -0.4 is 15.0 Å². The molecule has 0 atom stereocenters. The number of hydrogen-bond acceptors (Lipinski definition) is 6. The van der Waals surface area contributed by atoms with E-state index in [2.05, 4.69) is 20.3 Å². The monoisotopic (exact) mass is 301 g/mol. The van der Waals surface area contributed by atoms with Crippen LogP contribution >= 0.6 is 0 Å². The fourth-order valence-corrected chi connectivity index (χ4v) is 1.99. The zero-order valence-corrected chi connectivity index (χ0v) is 13.3. The quantitative estimate of drug-likeness (QED) is 0.927. The van der Waals surface area contributed by atoms with Gasteiger partial charge in [0.25, 0.3) is 5.91 Å². The summed E-state index contributed by atoms with van der Waals surface area (Å²) in [5.41, 5.74) is 2.36. The average Bonchev–Trinajstić information content (AvgIpc) is 2.50. The molecule has 1 amide bonds. The molecular formula is C15H19N5O2. The van der Waals surface area contributed by atoms with Crippen LogP contribution in [0.2, 0.25) is 0 Å². The molecule has 0 bridgehead atoms. The minimum Gasteiger partial charge on any atom is -0.480 e. The first-order chi connectivity index (χ1) is 10.4. The summed E-state index contributed by atoms with van der Waals surface area (Å²) in [4.78, 5) is 27.0. The van der Waals surface area contributed by atoms with Gasteiger partial charge in [0.1, 0.15) is 5.56 Å². The number of carbonyl (C=O) groups excluding carboxylic acids is 1. The summed E-state index contributed by atoms with van der Waals surface area (Å²) >= 11 is 0. The first-order valence-corrected chi connectivity index (χ1v) is 6.77. The summed E-state index contributed by atoms with van der Waals surface area (Å²) in [6.07, 6.45) is 1.57. The molecule has 0 spiro atoms. The molecule has 0 saturated heterocycles. The number of nitrogens with zero attached hydrogens (tertiary/aromatic N) is 4. The number of carbonyl (C=O) groups is 1. The molecule has 0 saturated carbocycles. The number of ether oxygens (including phenoxy) is 1. The Kier molecular flexibility index (Phi) is 4.55. The van der Waals surface area contributed by atoms with Crippen LogP contribution in [0.15, 0.2) is 18.3 Å². The van der Waals surface area contributed by atoms with Crippen LogP contribution in [0.4, 0.5) is 11.6 Å². The number of amides is 1. The van der Waals surface area contributed by atoms with Gasteiger partial charge in [0.05, 0.1) is 24.2 Å². The van der Waals surface area contributed by atoms with E-state index >= 15 is 0 Å². The number of aryl methyl sites for hydroxylation is 2. The summed E-state index contributed by atoms with van der Waals surface area (Å²) in [5.74, 6) is 0.574. The van der Waals surface area contributed by atoms with E-state index in [1.54, 1.807) is 18.3 Å². The molecule has 2 aromatic heterocycles. The molecule has 1 N–H and O–H groups in total. The number of nitrogens with one attached hydrogen (secondary N) is 1. The van der Waals surface area contributed by atoms with Crippen molar-refractivity contribution in [1.29, 1.82) is 0 Å². The minimum absolute atomic E-state index is 0.279. The number of pyridine rings is 1. The molecule has 116 valence electrons. The van der Waals surface area contributed by atoms with Crippen molar-refractivity contribution in [2.75, 3.05) is 31.4 Å². The molecule has 0 aliphatic rings. The normalized spacial score (nSPS) is 10.2. The van der Waals surface area contributed by atoms with Crippen molar-refractivity contribution >= 4 is 17.5 Å². The fourth-order valence-electron chi connectivity index (χ4n) is 1.99. The summed E-state index contributed by atoms with van der Waals surface area (Å²) in [5, 5.41) is 2.83. The Morgan fingerprint density at radius 2 is 1.86 bits per heavy atom. The largest absolute Gasteiger partial charge is 0.480 e. The molecule has 0 aliphatic carbocycles. The summed E-state index contributed by atoms with van der Waals surface area (Å²) in [7, 11) is 5.21. The lowest BCUT2D eigenvalue weighted by atomic mass is 10.2. The Bertz CT molecular complexity index is 677. The number of anilines is 2. The van der Waals surface area contributed by atoms with Gasteiger partial charge in [-0.1, -0.05) is 0 Å². The number of rotatable bonds is 4. The third-order valence-electron chi connectivity index (χ3n) is 3.11. The third-order valence-corrected chi connectivity index (χ3v) is 3.11. The van der Waals surface area contributed by atoms with Crippen molar-refractivity contribution < 1.29 is 9.53 Å². The Morgan fingerprint density at radius 3 is 2.41 bits per heavy atom. The lowest BCUT2D eigenvalue weighted by Gasteiger charge is -2.16. The maximum absolute atomic E-state index is 12.4. The molecule has 0 fully saturated rings. The zero-order chi connectivity index (χ0) is 16.3. The number of methoxy groups -OCH3 is 1. The molecule has 0 aliphatic heterocycles. The molecule has 7 heteroatoms. The molecule has 2 rings (SSSR count). The Labute approximate surface area is 129 Å². The first kappa shape index (κ1) is 15.7. The molecular weight excluding hydrogens is 282 g/mol. The third kappa shape index (κ3) is 3.13. The zero-order valence-electron chi connectivity index (χ0n) is 13.3. The van der Waals surface area contributed by atoms with Gasteiger partial charge in [-0.05, 0) is 26.0 Å². The van der Waals surface area contributed by atoms with Crippen LogP contribution in [0.25, 0.3) is 0 Å². The highest BCUT2D eigenvalue weighted by atomic mass is 16.5. The van der Waals surface area contributed by atoms with Gasteiger partial charge in [0.2, 0.25) is 11.8 Å². The van der Waals surface area contributed by atoms with Gasteiger partial charge in [0, 0.05) is 20.3 Å².